The lowest BCUT2D eigenvalue weighted by molar-refractivity contribution is 0.342. The third-order valence-corrected chi connectivity index (χ3v) is 3.42. The minimum absolute atomic E-state index is 0.0239. The molecule has 0 aromatic carbocycles. The molecule has 0 aliphatic heterocycles. The molecule has 0 atom stereocenters. The van der Waals surface area contributed by atoms with E-state index in [1.807, 2.05) is 0 Å². The molecule has 0 unspecified atom stereocenters. The third kappa shape index (κ3) is 2.46. The summed E-state index contributed by atoms with van der Waals surface area (Å²) in [4.78, 5) is 25.5. The van der Waals surface area contributed by atoms with Crippen molar-refractivity contribution < 1.29 is 0 Å². The maximum atomic E-state index is 11.7. The highest BCUT2D eigenvalue weighted by atomic mass is 32.1. The molecular weight excluding hydrogens is 238 g/mol. The fraction of sp³-hybridized carbons (Fsp3) is 0.545. The molecule has 17 heavy (non-hydrogen) atoms. The largest absolute Gasteiger partial charge is 0.389 e. The van der Waals surface area contributed by atoms with Crippen LogP contribution in [0, 0.1) is 0 Å². The van der Waals surface area contributed by atoms with Crippen LogP contribution in [0.2, 0.25) is 0 Å². The van der Waals surface area contributed by atoms with Gasteiger partial charge in [0.1, 0.15) is 4.99 Å². The molecule has 0 amide bonds. The standard InChI is InChI=1S/C11H15N3O2S/c12-9(17)8-6-14(11(16)13-10(8)15)7-4-2-1-3-5-7/h6-7H,1-5H2,(H2,12,17)(H,13,15,16). The Bertz CT molecular complexity index is 540. The van der Waals surface area contributed by atoms with Crippen molar-refractivity contribution in [3.63, 3.8) is 0 Å². The van der Waals surface area contributed by atoms with Gasteiger partial charge >= 0.3 is 5.69 Å². The highest BCUT2D eigenvalue weighted by Crippen LogP contribution is 2.26. The monoisotopic (exact) mass is 253 g/mol. The van der Waals surface area contributed by atoms with Crippen LogP contribution in [0.15, 0.2) is 15.8 Å². The first kappa shape index (κ1) is 12.0. The van der Waals surface area contributed by atoms with Crippen LogP contribution in [0.5, 0.6) is 0 Å². The van der Waals surface area contributed by atoms with Crippen molar-refractivity contribution in [3.8, 4) is 0 Å². The summed E-state index contributed by atoms with van der Waals surface area (Å²) in [5.41, 5.74) is 4.79. The molecule has 92 valence electrons. The van der Waals surface area contributed by atoms with Crippen molar-refractivity contribution in [2.45, 2.75) is 38.1 Å². The first-order valence-electron chi connectivity index (χ1n) is 5.75. The van der Waals surface area contributed by atoms with Crippen LogP contribution >= 0.6 is 12.2 Å². The average molecular weight is 253 g/mol. The van der Waals surface area contributed by atoms with Gasteiger partial charge in [0, 0.05) is 12.2 Å². The quantitative estimate of drug-likeness (QED) is 0.759. The SMILES string of the molecule is NC(=S)c1cn(C2CCCCC2)c(=O)[nH]c1=O. The second-order valence-corrected chi connectivity index (χ2v) is 4.81. The van der Waals surface area contributed by atoms with E-state index in [1.165, 1.54) is 12.6 Å². The van der Waals surface area contributed by atoms with Gasteiger partial charge in [0.25, 0.3) is 5.56 Å². The van der Waals surface area contributed by atoms with Gasteiger partial charge in [0.2, 0.25) is 0 Å². The maximum Gasteiger partial charge on any atom is 0.328 e. The van der Waals surface area contributed by atoms with E-state index in [4.69, 9.17) is 18.0 Å². The Hall–Kier alpha value is -1.43. The summed E-state index contributed by atoms with van der Waals surface area (Å²) < 4.78 is 1.56. The van der Waals surface area contributed by atoms with E-state index in [1.54, 1.807) is 4.57 Å². The summed E-state index contributed by atoms with van der Waals surface area (Å²) in [7, 11) is 0. The number of aromatic nitrogens is 2. The van der Waals surface area contributed by atoms with Crippen molar-refractivity contribution in [1.82, 2.24) is 9.55 Å². The van der Waals surface area contributed by atoms with E-state index in [0.717, 1.165) is 25.7 Å². The Kier molecular flexibility index (Phi) is 3.42. The van der Waals surface area contributed by atoms with Crippen LogP contribution in [-0.4, -0.2) is 14.5 Å². The number of rotatable bonds is 2. The number of hydrogen-bond donors (Lipinski definition) is 2. The first-order valence-corrected chi connectivity index (χ1v) is 6.15. The summed E-state index contributed by atoms with van der Waals surface area (Å²) in [6, 6.07) is 0.154. The molecule has 1 saturated carbocycles. The Morgan fingerprint density at radius 1 is 1.35 bits per heavy atom. The van der Waals surface area contributed by atoms with E-state index in [2.05, 4.69) is 4.98 Å². The highest BCUT2D eigenvalue weighted by Gasteiger charge is 2.18. The van der Waals surface area contributed by atoms with Crippen LogP contribution < -0.4 is 17.0 Å². The summed E-state index contributed by atoms with van der Waals surface area (Å²) >= 11 is 4.80. The van der Waals surface area contributed by atoms with Gasteiger partial charge in [-0.25, -0.2) is 4.79 Å². The lowest BCUT2D eigenvalue weighted by Gasteiger charge is -2.23. The van der Waals surface area contributed by atoms with Gasteiger partial charge in [0.15, 0.2) is 0 Å². The van der Waals surface area contributed by atoms with Crippen molar-refractivity contribution >= 4 is 17.2 Å². The van der Waals surface area contributed by atoms with Gasteiger partial charge in [-0.15, -0.1) is 0 Å². The second kappa shape index (κ2) is 4.83. The number of hydrogen-bond acceptors (Lipinski definition) is 3. The molecule has 5 nitrogen and oxygen atoms in total. The molecule has 1 aliphatic carbocycles. The number of nitrogens with two attached hydrogens (primary N) is 1. The molecule has 1 aliphatic rings. The van der Waals surface area contributed by atoms with Gasteiger partial charge in [-0.05, 0) is 12.8 Å². The summed E-state index contributed by atoms with van der Waals surface area (Å²) in [6.07, 6.45) is 6.85. The number of nitrogens with zero attached hydrogens (tertiary/aromatic N) is 1. The predicted molar refractivity (Wildman–Crippen MR) is 69.3 cm³/mol. The molecule has 6 heteroatoms. The van der Waals surface area contributed by atoms with Crippen LogP contribution in [0.25, 0.3) is 0 Å². The lowest BCUT2D eigenvalue weighted by atomic mass is 9.95. The Labute approximate surface area is 104 Å². The number of aromatic amines is 1. The zero-order valence-electron chi connectivity index (χ0n) is 9.44. The summed E-state index contributed by atoms with van der Waals surface area (Å²) in [6.45, 7) is 0. The fourth-order valence-electron chi connectivity index (χ4n) is 2.29. The molecule has 2 rings (SSSR count). The van der Waals surface area contributed by atoms with Gasteiger partial charge in [-0.1, -0.05) is 31.5 Å². The van der Waals surface area contributed by atoms with E-state index in [0.29, 0.717) is 0 Å². The van der Waals surface area contributed by atoms with Gasteiger partial charge in [-0.2, -0.15) is 0 Å². The Morgan fingerprint density at radius 3 is 2.59 bits per heavy atom. The molecule has 1 heterocycles. The molecule has 1 aromatic heterocycles. The normalized spacial score (nSPS) is 16.9. The van der Waals surface area contributed by atoms with Crippen LogP contribution in [-0.2, 0) is 0 Å². The third-order valence-electron chi connectivity index (χ3n) is 3.20. The smallest absolute Gasteiger partial charge is 0.328 e. The summed E-state index contributed by atoms with van der Waals surface area (Å²) in [5, 5.41) is 0. The number of nitrogens with one attached hydrogen (secondary N) is 1. The molecule has 0 bridgehead atoms. The number of thiocarbonyl (C=S) groups is 1. The van der Waals surface area contributed by atoms with Gasteiger partial charge < -0.3 is 5.73 Å². The van der Waals surface area contributed by atoms with Crippen LogP contribution in [0.4, 0.5) is 0 Å². The van der Waals surface area contributed by atoms with Crippen molar-refractivity contribution in [2.75, 3.05) is 0 Å². The van der Waals surface area contributed by atoms with Crippen LogP contribution in [0.3, 0.4) is 0 Å². The molecule has 1 fully saturated rings. The van der Waals surface area contributed by atoms with E-state index < -0.39 is 5.56 Å². The van der Waals surface area contributed by atoms with E-state index in [-0.39, 0.29) is 22.3 Å². The average Bonchev–Trinajstić information content (AvgIpc) is 2.29. The van der Waals surface area contributed by atoms with Crippen molar-refractivity contribution in [2.24, 2.45) is 5.73 Å². The first-order chi connectivity index (χ1) is 8.09. The number of H-pyrrole nitrogens is 1. The highest BCUT2D eigenvalue weighted by molar-refractivity contribution is 7.80. The fourth-order valence-corrected chi connectivity index (χ4v) is 2.44. The minimum Gasteiger partial charge on any atom is -0.389 e. The molecule has 0 spiro atoms. The van der Waals surface area contributed by atoms with Crippen molar-refractivity contribution in [1.29, 1.82) is 0 Å². The second-order valence-electron chi connectivity index (χ2n) is 4.37. The Balaban J connectivity index is 2.46. The van der Waals surface area contributed by atoms with E-state index >= 15 is 0 Å². The molecule has 3 N–H and O–H groups in total. The summed E-state index contributed by atoms with van der Waals surface area (Å²) in [5.74, 6) is 0. The van der Waals surface area contributed by atoms with Crippen molar-refractivity contribution in [3.05, 3.63) is 32.6 Å². The van der Waals surface area contributed by atoms with Gasteiger partial charge in [-0.3, -0.25) is 14.3 Å². The lowest BCUT2D eigenvalue weighted by Crippen LogP contribution is -2.37. The molecule has 1 aromatic rings. The minimum atomic E-state index is -0.505. The zero-order valence-corrected chi connectivity index (χ0v) is 10.3. The Morgan fingerprint density at radius 2 is 2.00 bits per heavy atom. The molecule has 0 radical (unpaired) electrons. The van der Waals surface area contributed by atoms with Gasteiger partial charge in [0.05, 0.1) is 5.56 Å². The van der Waals surface area contributed by atoms with Crippen LogP contribution in [0.1, 0.15) is 43.7 Å². The maximum absolute atomic E-state index is 11.7. The predicted octanol–water partition coefficient (Wildman–Crippen LogP) is 0.676. The topological polar surface area (TPSA) is 80.9 Å². The zero-order chi connectivity index (χ0) is 12.4. The molecular formula is C11H15N3O2S. The molecule has 0 saturated heterocycles. The van der Waals surface area contributed by atoms with E-state index in [9.17, 15) is 9.59 Å².